The first-order valence-corrected chi connectivity index (χ1v) is 7.85. The van der Waals surface area contributed by atoms with E-state index in [0.717, 1.165) is 10.8 Å². The number of rotatable bonds is 4. The molecule has 2 rings (SSSR count). The monoisotopic (exact) mass is 295 g/mol. The average Bonchev–Trinajstić information content (AvgIpc) is 2.41. The lowest BCUT2D eigenvalue weighted by atomic mass is 9.70. The summed E-state index contributed by atoms with van der Waals surface area (Å²) in [6, 6.07) is 6.22. The van der Waals surface area contributed by atoms with Crippen LogP contribution in [0.3, 0.4) is 0 Å². The van der Waals surface area contributed by atoms with Gasteiger partial charge in [-0.2, -0.15) is 0 Å². The summed E-state index contributed by atoms with van der Waals surface area (Å²) in [5, 5.41) is 4.25. The van der Waals surface area contributed by atoms with E-state index in [1.54, 1.807) is 7.11 Å². The molecule has 0 radical (unpaired) electrons. The molecule has 0 bridgehead atoms. The Bertz CT molecular complexity index is 448. The molecule has 2 nitrogen and oxygen atoms in total. The Kier molecular flexibility index (Phi) is 4.98. The van der Waals surface area contributed by atoms with Gasteiger partial charge < -0.3 is 10.1 Å². The molecule has 1 aliphatic rings. The molecule has 1 atom stereocenters. The molecule has 0 heterocycles. The van der Waals surface area contributed by atoms with Crippen LogP contribution in [0, 0.1) is 11.3 Å². The summed E-state index contributed by atoms with van der Waals surface area (Å²) in [5.41, 5.74) is 1.68. The van der Waals surface area contributed by atoms with Gasteiger partial charge in [0.25, 0.3) is 0 Å². The lowest BCUT2D eigenvalue weighted by molar-refractivity contribution is 0.163. The smallest absolute Gasteiger partial charge is 0.123 e. The van der Waals surface area contributed by atoms with Gasteiger partial charge in [-0.15, -0.1) is 0 Å². The van der Waals surface area contributed by atoms with Gasteiger partial charge in [0.15, 0.2) is 0 Å². The van der Waals surface area contributed by atoms with E-state index in [2.05, 4.69) is 19.2 Å². The van der Waals surface area contributed by atoms with E-state index >= 15 is 0 Å². The Hall–Kier alpha value is -0.730. The van der Waals surface area contributed by atoms with Crippen LogP contribution >= 0.6 is 11.6 Å². The molecule has 0 aromatic heterocycles. The zero-order chi connectivity index (χ0) is 14.8. The fourth-order valence-electron chi connectivity index (χ4n) is 3.35. The van der Waals surface area contributed by atoms with Crippen molar-refractivity contribution in [2.45, 2.75) is 45.6 Å². The quantitative estimate of drug-likeness (QED) is 0.859. The van der Waals surface area contributed by atoms with Crippen LogP contribution in [-0.4, -0.2) is 14.2 Å². The second-order valence-corrected chi connectivity index (χ2v) is 7.09. The molecule has 112 valence electrons. The van der Waals surface area contributed by atoms with Crippen LogP contribution in [0.4, 0.5) is 0 Å². The molecule has 1 aliphatic carbocycles. The highest BCUT2D eigenvalue weighted by Crippen LogP contribution is 2.44. The molecular weight excluding hydrogens is 270 g/mol. The average molecular weight is 296 g/mol. The Labute approximate surface area is 127 Å². The maximum atomic E-state index is 6.18. The minimum Gasteiger partial charge on any atom is -0.496 e. The van der Waals surface area contributed by atoms with Gasteiger partial charge in [0, 0.05) is 16.6 Å². The van der Waals surface area contributed by atoms with Crippen molar-refractivity contribution in [3.8, 4) is 5.75 Å². The summed E-state index contributed by atoms with van der Waals surface area (Å²) in [6.07, 6.45) is 5.10. The fourth-order valence-corrected chi connectivity index (χ4v) is 3.53. The predicted octanol–water partition coefficient (Wildman–Crippen LogP) is 4.83. The Morgan fingerprint density at radius 2 is 1.95 bits per heavy atom. The number of hydrogen-bond donors (Lipinski definition) is 1. The number of hydrogen-bond acceptors (Lipinski definition) is 2. The van der Waals surface area contributed by atoms with E-state index in [1.165, 1.54) is 31.2 Å². The summed E-state index contributed by atoms with van der Waals surface area (Å²) in [7, 11) is 3.76. The van der Waals surface area contributed by atoms with Crippen molar-refractivity contribution in [3.05, 3.63) is 28.8 Å². The molecular formula is C17H26ClNO. The highest BCUT2D eigenvalue weighted by atomic mass is 35.5. The van der Waals surface area contributed by atoms with E-state index < -0.39 is 0 Å². The maximum Gasteiger partial charge on any atom is 0.123 e. The van der Waals surface area contributed by atoms with Crippen LogP contribution < -0.4 is 10.1 Å². The van der Waals surface area contributed by atoms with Crippen molar-refractivity contribution in [3.63, 3.8) is 0 Å². The zero-order valence-electron chi connectivity index (χ0n) is 13.0. The van der Waals surface area contributed by atoms with Crippen LogP contribution in [0.2, 0.25) is 5.02 Å². The van der Waals surface area contributed by atoms with Gasteiger partial charge in [-0.05, 0) is 62.3 Å². The normalized spacial score (nSPS) is 20.6. The largest absolute Gasteiger partial charge is 0.496 e. The van der Waals surface area contributed by atoms with Gasteiger partial charge in [0.1, 0.15) is 5.75 Å². The van der Waals surface area contributed by atoms with E-state index in [1.807, 2.05) is 25.2 Å². The van der Waals surface area contributed by atoms with Gasteiger partial charge >= 0.3 is 0 Å². The summed E-state index contributed by atoms with van der Waals surface area (Å²) < 4.78 is 5.52. The first-order valence-electron chi connectivity index (χ1n) is 7.47. The third-order valence-corrected chi connectivity index (χ3v) is 4.93. The number of ether oxygens (including phenoxy) is 1. The van der Waals surface area contributed by atoms with Crippen LogP contribution in [0.5, 0.6) is 5.75 Å². The molecule has 1 aromatic carbocycles. The molecule has 3 heteroatoms. The number of nitrogens with one attached hydrogen (secondary N) is 1. The second kappa shape index (κ2) is 6.36. The van der Waals surface area contributed by atoms with E-state index in [0.29, 0.717) is 17.4 Å². The molecule has 0 amide bonds. The minimum atomic E-state index is 0.319. The van der Waals surface area contributed by atoms with Crippen molar-refractivity contribution in [1.29, 1.82) is 0 Å². The standard InChI is InChI=1S/C17H26ClNO/c1-17(2)9-7-12(8-10-17)16(19-3)14-11-13(18)5-6-15(14)20-4/h5-6,11-12,16,19H,7-10H2,1-4H3. The fraction of sp³-hybridized carbons (Fsp3) is 0.647. The van der Waals surface area contributed by atoms with Crippen LogP contribution in [0.1, 0.15) is 51.1 Å². The summed E-state index contributed by atoms with van der Waals surface area (Å²) >= 11 is 6.18. The van der Waals surface area contributed by atoms with Crippen molar-refractivity contribution in [2.75, 3.05) is 14.2 Å². The number of benzene rings is 1. The number of halogens is 1. The van der Waals surface area contributed by atoms with Gasteiger partial charge in [0.05, 0.1) is 7.11 Å². The second-order valence-electron chi connectivity index (χ2n) is 6.65. The third-order valence-electron chi connectivity index (χ3n) is 4.69. The topological polar surface area (TPSA) is 21.3 Å². The molecule has 0 spiro atoms. The summed E-state index contributed by atoms with van der Waals surface area (Å²) in [6.45, 7) is 4.75. The van der Waals surface area contributed by atoms with Crippen LogP contribution in [-0.2, 0) is 0 Å². The molecule has 1 unspecified atom stereocenters. The van der Waals surface area contributed by atoms with Crippen molar-refractivity contribution < 1.29 is 4.74 Å². The lowest BCUT2D eigenvalue weighted by Gasteiger charge is -2.38. The first-order chi connectivity index (χ1) is 9.46. The molecule has 0 saturated heterocycles. The van der Waals surface area contributed by atoms with E-state index in [9.17, 15) is 0 Å². The Balaban J connectivity index is 2.22. The highest BCUT2D eigenvalue weighted by Gasteiger charge is 2.32. The third kappa shape index (κ3) is 3.48. The molecule has 1 N–H and O–H groups in total. The van der Waals surface area contributed by atoms with Crippen molar-refractivity contribution in [1.82, 2.24) is 5.32 Å². The molecule has 1 saturated carbocycles. The Morgan fingerprint density at radius 1 is 1.30 bits per heavy atom. The van der Waals surface area contributed by atoms with Crippen molar-refractivity contribution >= 4 is 11.6 Å². The van der Waals surface area contributed by atoms with Crippen LogP contribution in [0.15, 0.2) is 18.2 Å². The van der Waals surface area contributed by atoms with Gasteiger partial charge in [0.2, 0.25) is 0 Å². The van der Waals surface area contributed by atoms with Gasteiger partial charge in [-0.1, -0.05) is 25.4 Å². The summed E-state index contributed by atoms with van der Waals surface area (Å²) in [4.78, 5) is 0. The van der Waals surface area contributed by atoms with E-state index in [4.69, 9.17) is 16.3 Å². The lowest BCUT2D eigenvalue weighted by Crippen LogP contribution is -2.31. The molecule has 1 aromatic rings. The van der Waals surface area contributed by atoms with E-state index in [-0.39, 0.29) is 0 Å². The molecule has 1 fully saturated rings. The molecule has 0 aliphatic heterocycles. The SMILES string of the molecule is CNC(c1cc(Cl)ccc1OC)C1CCC(C)(C)CC1. The predicted molar refractivity (Wildman–Crippen MR) is 85.5 cm³/mol. The van der Waals surface area contributed by atoms with Gasteiger partial charge in [-0.25, -0.2) is 0 Å². The first kappa shape index (κ1) is 15.7. The molecule has 20 heavy (non-hydrogen) atoms. The number of methoxy groups -OCH3 is 1. The Morgan fingerprint density at radius 3 is 2.50 bits per heavy atom. The minimum absolute atomic E-state index is 0.319. The van der Waals surface area contributed by atoms with Crippen molar-refractivity contribution in [2.24, 2.45) is 11.3 Å². The maximum absolute atomic E-state index is 6.18. The van der Waals surface area contributed by atoms with Gasteiger partial charge in [-0.3, -0.25) is 0 Å². The van der Waals surface area contributed by atoms with Crippen LogP contribution in [0.25, 0.3) is 0 Å². The zero-order valence-corrected chi connectivity index (χ0v) is 13.8. The summed E-state index contributed by atoms with van der Waals surface area (Å²) in [5.74, 6) is 1.58. The highest BCUT2D eigenvalue weighted by molar-refractivity contribution is 6.30.